The molecule has 0 bridgehead atoms. The maximum absolute atomic E-state index is 13.6. The average Bonchev–Trinajstić information content (AvgIpc) is 3.71. The fourth-order valence-electron chi connectivity index (χ4n) is 6.72. The van der Waals surface area contributed by atoms with Crippen LogP contribution in [0.2, 0.25) is 0 Å². The van der Waals surface area contributed by atoms with Crippen molar-refractivity contribution in [2.45, 2.75) is 24.2 Å². The lowest BCUT2D eigenvalue weighted by Gasteiger charge is -2.30. The number of nitrogens with zero attached hydrogens (tertiary/aromatic N) is 4. The fourth-order valence-corrected chi connectivity index (χ4v) is 8.95. The molecular weight excluding hydrogens is 641 g/mol. The smallest absolute Gasteiger partial charge is 0.234 e. The fraction of sp³-hybridized carbons (Fsp3) is 0.158. The highest BCUT2D eigenvalue weighted by atomic mass is 32.2. The van der Waals surface area contributed by atoms with Gasteiger partial charge in [-0.05, 0) is 28.3 Å². The molecule has 0 saturated carbocycles. The highest BCUT2D eigenvalue weighted by Gasteiger charge is 2.45. The maximum atomic E-state index is 13.6. The Balaban J connectivity index is 1.39. The third-order valence-corrected chi connectivity index (χ3v) is 10.9. The summed E-state index contributed by atoms with van der Waals surface area (Å²) in [5.41, 5.74) is 4.45. The van der Waals surface area contributed by atoms with E-state index in [9.17, 15) is 16.8 Å². The third kappa shape index (κ3) is 5.93. The summed E-state index contributed by atoms with van der Waals surface area (Å²) in [4.78, 5) is 10.2. The van der Waals surface area contributed by atoms with Gasteiger partial charge in [-0.15, -0.1) is 0 Å². The van der Waals surface area contributed by atoms with Crippen molar-refractivity contribution in [3.05, 3.63) is 179 Å². The number of aliphatic imine (C=N–C) groups is 2. The first-order valence-electron chi connectivity index (χ1n) is 15.6. The molecular formula is C38H34N4O4S2. The summed E-state index contributed by atoms with van der Waals surface area (Å²) in [6.07, 6.45) is 2.38. The molecule has 0 aliphatic carbocycles. The van der Waals surface area contributed by atoms with Gasteiger partial charge in [0.15, 0.2) is 0 Å². The first-order valence-corrected chi connectivity index (χ1v) is 19.3. The second-order valence-electron chi connectivity index (χ2n) is 12.0. The van der Waals surface area contributed by atoms with E-state index in [1.165, 1.54) is 21.1 Å². The van der Waals surface area contributed by atoms with Crippen molar-refractivity contribution in [2.75, 3.05) is 12.5 Å². The van der Waals surface area contributed by atoms with Gasteiger partial charge in [0, 0.05) is 11.1 Å². The number of benzene rings is 5. The summed E-state index contributed by atoms with van der Waals surface area (Å²) < 4.78 is 57.3. The zero-order chi connectivity index (χ0) is 33.5. The number of hydrogen-bond donors (Lipinski definition) is 0. The minimum absolute atomic E-state index is 0.283. The molecule has 2 aliphatic heterocycles. The normalized spacial score (nSPS) is 21.2. The van der Waals surface area contributed by atoms with E-state index in [2.05, 4.69) is 0 Å². The van der Waals surface area contributed by atoms with Gasteiger partial charge in [-0.1, -0.05) is 140 Å². The predicted molar refractivity (Wildman–Crippen MR) is 190 cm³/mol. The lowest BCUT2D eigenvalue weighted by molar-refractivity contribution is 0.423. The van der Waals surface area contributed by atoms with Gasteiger partial charge in [0.25, 0.3) is 0 Å². The molecule has 5 aromatic carbocycles. The summed E-state index contributed by atoms with van der Waals surface area (Å²) >= 11 is 0. The van der Waals surface area contributed by atoms with E-state index >= 15 is 0 Å². The summed E-state index contributed by atoms with van der Waals surface area (Å²) in [5, 5.41) is 0. The molecule has 48 heavy (non-hydrogen) atoms. The molecule has 242 valence electrons. The molecule has 0 radical (unpaired) electrons. The van der Waals surface area contributed by atoms with E-state index in [4.69, 9.17) is 9.98 Å². The van der Waals surface area contributed by atoms with Gasteiger partial charge in [0.1, 0.15) is 23.8 Å². The van der Waals surface area contributed by atoms with Crippen molar-refractivity contribution < 1.29 is 16.8 Å². The molecule has 0 saturated heterocycles. The van der Waals surface area contributed by atoms with Crippen LogP contribution < -0.4 is 0 Å². The van der Waals surface area contributed by atoms with E-state index in [1.54, 1.807) is 24.3 Å². The van der Waals surface area contributed by atoms with Crippen LogP contribution in [0.5, 0.6) is 0 Å². The van der Waals surface area contributed by atoms with Crippen LogP contribution in [0.25, 0.3) is 0 Å². The molecule has 0 spiro atoms. The lowest BCUT2D eigenvalue weighted by atomic mass is 9.95. The zero-order valence-corrected chi connectivity index (χ0v) is 28.0. The monoisotopic (exact) mass is 674 g/mol. The van der Waals surface area contributed by atoms with Crippen LogP contribution in [0.4, 0.5) is 0 Å². The molecule has 0 fully saturated rings. The highest BCUT2D eigenvalue weighted by Crippen LogP contribution is 2.46. The van der Waals surface area contributed by atoms with Crippen molar-refractivity contribution in [1.82, 2.24) is 8.61 Å². The second kappa shape index (κ2) is 12.5. The van der Waals surface area contributed by atoms with Gasteiger partial charge in [-0.3, -0.25) is 9.98 Å². The molecule has 0 unspecified atom stereocenters. The minimum atomic E-state index is -3.83. The van der Waals surface area contributed by atoms with Crippen LogP contribution in [0.1, 0.15) is 57.5 Å². The first-order chi connectivity index (χ1) is 23.1. The Morgan fingerprint density at radius 3 is 1.06 bits per heavy atom. The van der Waals surface area contributed by atoms with Gasteiger partial charge >= 0.3 is 0 Å². The van der Waals surface area contributed by atoms with E-state index in [1.807, 2.05) is 121 Å². The quantitative estimate of drug-likeness (QED) is 0.183. The van der Waals surface area contributed by atoms with Crippen LogP contribution in [0.15, 0.2) is 156 Å². The molecule has 0 N–H and O–H groups in total. The Morgan fingerprint density at radius 2 is 0.750 bits per heavy atom. The Hall–Kier alpha value is -5.06. The second-order valence-corrected chi connectivity index (χ2v) is 15.7. The van der Waals surface area contributed by atoms with Gasteiger partial charge in [0.05, 0.1) is 24.6 Å². The Bertz CT molecular complexity index is 2060. The highest BCUT2D eigenvalue weighted by molar-refractivity contribution is 7.89. The van der Waals surface area contributed by atoms with Crippen molar-refractivity contribution in [3.8, 4) is 0 Å². The SMILES string of the molecule is CS(=O)(=O)N1C(c2cccc(C3=N[C@@H](c4ccccc4)[C@H](c4ccccc4)N3S(C)(=O)=O)c2)=N[C@@H](c2ccccc2)[C@@H]1c1ccccc1. The minimum Gasteiger partial charge on any atom is -0.256 e. The number of amidine groups is 2. The van der Waals surface area contributed by atoms with Gasteiger partial charge in [-0.2, -0.15) is 0 Å². The van der Waals surface area contributed by atoms with E-state index in [-0.39, 0.29) is 11.7 Å². The summed E-state index contributed by atoms with van der Waals surface area (Å²) in [5.74, 6) is 0.566. The predicted octanol–water partition coefficient (Wildman–Crippen LogP) is 6.70. The molecule has 2 heterocycles. The van der Waals surface area contributed by atoms with Crippen LogP contribution in [0.3, 0.4) is 0 Å². The molecule has 7 rings (SSSR count). The maximum Gasteiger partial charge on any atom is 0.234 e. The molecule has 10 heteroatoms. The largest absolute Gasteiger partial charge is 0.256 e. The molecule has 2 aliphatic rings. The first kappa shape index (κ1) is 31.5. The molecule has 5 aromatic rings. The van der Waals surface area contributed by atoms with E-state index < -0.39 is 44.2 Å². The number of rotatable bonds is 8. The summed E-state index contributed by atoms with van der Waals surface area (Å²) in [6.45, 7) is 0. The third-order valence-electron chi connectivity index (χ3n) is 8.70. The zero-order valence-electron chi connectivity index (χ0n) is 26.4. The molecule has 4 atom stereocenters. The summed E-state index contributed by atoms with van der Waals surface area (Å²) in [6, 6.07) is 43.2. The average molecular weight is 675 g/mol. The Kier molecular flexibility index (Phi) is 8.22. The Labute approximate surface area is 281 Å². The van der Waals surface area contributed by atoms with E-state index in [0.29, 0.717) is 11.1 Å². The van der Waals surface area contributed by atoms with Crippen molar-refractivity contribution >= 4 is 31.7 Å². The van der Waals surface area contributed by atoms with Crippen LogP contribution in [-0.4, -0.2) is 49.6 Å². The van der Waals surface area contributed by atoms with Crippen molar-refractivity contribution in [3.63, 3.8) is 0 Å². The van der Waals surface area contributed by atoms with Crippen LogP contribution in [0, 0.1) is 0 Å². The van der Waals surface area contributed by atoms with Gasteiger partial charge < -0.3 is 0 Å². The van der Waals surface area contributed by atoms with Crippen LogP contribution in [-0.2, 0) is 20.0 Å². The Morgan fingerprint density at radius 1 is 0.438 bits per heavy atom. The lowest BCUT2D eigenvalue weighted by Crippen LogP contribution is -2.38. The standard InChI is InChI=1S/C38H34N4O4S2/c1-47(43,44)41-35(29-20-11-5-12-21-29)33(27-16-7-3-8-17-27)39-37(41)31-24-15-25-32(26-31)38-40-34(28-18-9-4-10-19-28)36(42(38)48(2,45)46)30-22-13-6-14-23-30/h3-26,33-36H,1-2H3/t33-,34-,35-,36-/m0/s1. The number of sulfonamides is 2. The van der Waals surface area contributed by atoms with Gasteiger partial charge in [-0.25, -0.2) is 25.4 Å². The van der Waals surface area contributed by atoms with Gasteiger partial charge in [0.2, 0.25) is 20.0 Å². The molecule has 0 amide bonds. The van der Waals surface area contributed by atoms with Crippen molar-refractivity contribution in [1.29, 1.82) is 0 Å². The summed E-state index contributed by atoms with van der Waals surface area (Å²) in [7, 11) is -7.66. The molecule has 0 aromatic heterocycles. The molecule has 8 nitrogen and oxygen atoms in total. The van der Waals surface area contributed by atoms with Crippen molar-refractivity contribution in [2.24, 2.45) is 9.98 Å². The van der Waals surface area contributed by atoms with Crippen LogP contribution >= 0.6 is 0 Å². The topological polar surface area (TPSA) is 99.5 Å². The number of hydrogen-bond acceptors (Lipinski definition) is 6. The van der Waals surface area contributed by atoms with E-state index in [0.717, 1.165) is 22.3 Å².